The Morgan fingerprint density at radius 1 is 0.427 bits per heavy atom. The maximum atomic E-state index is 15.0. The number of nitrogens with zero attached hydrogens (tertiary/aromatic N) is 6. The zero-order valence-corrected chi connectivity index (χ0v) is 54.4. The van der Waals surface area contributed by atoms with Crippen molar-refractivity contribution in [3.05, 3.63) is 269 Å². The van der Waals surface area contributed by atoms with Crippen LogP contribution in [0.3, 0.4) is 0 Å². The summed E-state index contributed by atoms with van der Waals surface area (Å²) < 4.78 is 62.1. The fraction of sp³-hybridized carbons (Fsp3) is 0.100. The molecule has 0 spiro atoms. The first-order valence-corrected chi connectivity index (χ1v) is 32.1. The number of fused-ring (bicyclic) bond motifs is 16. The molecule has 16 aromatic rings. The number of hydrogen-bond acceptors (Lipinski definition) is 10. The standard InChI is InChI=1S/C40H28FN3O2.C34H25BN3O4.C6H4BrF/c1-40(2)29-18-10-7-16-26(29)35-32(40)27-17-9-12-20-31(27)44(35)39-42-33(23-13-5-4-6-14-23)38-34(43-39)28-22-21-25(36(45-3)37(28)46-38)24-15-8-11-19-30(24)41;1-34(2)23-15-9-7-13-20(23)29-26(34)21-14-8-10-16-24(21)38(29)33-36-27(19-11-5-4-6-12-19)32-28(37-33)22-17-18-25(42-35-39)31(40-3)30(22)41-32;7-5-3-1-2-4-6(5)8/h4-22H,1-3H3;4-18,39H,1-3H3;1-4H. The topological polar surface area (TPSA) is 136 Å². The third-order valence-electron chi connectivity index (χ3n) is 18.6. The number of hydrogen-bond donors (Lipinski definition) is 1. The highest BCUT2D eigenvalue weighted by Crippen LogP contribution is 2.56. The normalized spacial score (nSPS) is 13.1. The Balaban J connectivity index is 0.000000136. The van der Waals surface area contributed by atoms with Crippen molar-refractivity contribution in [2.24, 2.45) is 0 Å². The minimum Gasteiger partial charge on any atom is -0.535 e. The van der Waals surface area contributed by atoms with Crippen molar-refractivity contribution in [2.75, 3.05) is 14.2 Å². The molecule has 0 saturated heterocycles. The molecule has 1 radical (unpaired) electrons. The largest absolute Gasteiger partial charge is 0.569 e. The molecule has 0 saturated carbocycles. The predicted molar refractivity (Wildman–Crippen MR) is 379 cm³/mol. The number of ether oxygens (including phenoxy) is 2. The van der Waals surface area contributed by atoms with Crippen molar-refractivity contribution < 1.29 is 36.8 Å². The quantitative estimate of drug-likeness (QED) is 0.139. The van der Waals surface area contributed by atoms with E-state index in [0.29, 0.717) is 97.2 Å². The molecule has 0 fully saturated rings. The van der Waals surface area contributed by atoms with Crippen molar-refractivity contribution >= 4 is 89.6 Å². The van der Waals surface area contributed by atoms with Crippen molar-refractivity contribution in [3.63, 3.8) is 0 Å². The second kappa shape index (κ2) is 23.4. The minimum atomic E-state index is -0.333. The van der Waals surface area contributed by atoms with Crippen molar-refractivity contribution in [3.8, 4) is 85.3 Å². The molecule has 6 aromatic heterocycles. The van der Waals surface area contributed by atoms with Gasteiger partial charge in [0.1, 0.15) is 39.8 Å². The van der Waals surface area contributed by atoms with Gasteiger partial charge < -0.3 is 28.0 Å². The highest BCUT2D eigenvalue weighted by molar-refractivity contribution is 9.10. The van der Waals surface area contributed by atoms with Gasteiger partial charge in [0, 0.05) is 55.0 Å². The van der Waals surface area contributed by atoms with Gasteiger partial charge in [-0.3, -0.25) is 9.13 Å². The lowest BCUT2D eigenvalue weighted by Crippen LogP contribution is -2.14. The molecule has 18 rings (SSSR count). The van der Waals surface area contributed by atoms with E-state index in [1.165, 1.54) is 63.4 Å². The first-order chi connectivity index (χ1) is 46.8. The molecule has 0 bridgehead atoms. The van der Waals surface area contributed by atoms with Gasteiger partial charge in [-0.25, -0.2) is 28.7 Å². The molecule has 467 valence electrons. The maximum Gasteiger partial charge on any atom is 0.569 e. The van der Waals surface area contributed by atoms with E-state index in [2.05, 4.69) is 150 Å². The van der Waals surface area contributed by atoms with Crippen LogP contribution >= 0.6 is 15.9 Å². The van der Waals surface area contributed by atoms with Gasteiger partial charge in [-0.15, -0.1) is 0 Å². The van der Waals surface area contributed by atoms with Gasteiger partial charge in [-0.1, -0.05) is 204 Å². The third-order valence-corrected chi connectivity index (χ3v) is 19.2. The number of rotatable bonds is 9. The Kier molecular flexibility index (Phi) is 14.6. The van der Waals surface area contributed by atoms with E-state index in [1.807, 2.05) is 84.9 Å². The fourth-order valence-electron chi connectivity index (χ4n) is 14.4. The highest BCUT2D eigenvalue weighted by atomic mass is 79.9. The van der Waals surface area contributed by atoms with E-state index in [9.17, 15) is 13.8 Å². The van der Waals surface area contributed by atoms with Crippen LogP contribution in [0.15, 0.2) is 244 Å². The van der Waals surface area contributed by atoms with Crippen LogP contribution in [-0.4, -0.2) is 56.0 Å². The molecule has 96 heavy (non-hydrogen) atoms. The third kappa shape index (κ3) is 9.32. The number of furan rings is 2. The average molecular weight is 1330 g/mol. The molecule has 2 aliphatic rings. The monoisotopic (exact) mass is 1330 g/mol. The Hall–Kier alpha value is -11.2. The molecular formula is C80H57BBrF2N6O6. The molecule has 0 atom stereocenters. The summed E-state index contributed by atoms with van der Waals surface area (Å²) in [4.78, 5) is 20.9. The van der Waals surface area contributed by atoms with Gasteiger partial charge in [-0.05, 0) is 92.8 Å². The summed E-state index contributed by atoms with van der Waals surface area (Å²) in [6.45, 7) is 9.15. The molecule has 12 nitrogen and oxygen atoms in total. The molecular weight excluding hydrogens is 1270 g/mol. The van der Waals surface area contributed by atoms with Crippen LogP contribution in [0, 0.1) is 11.6 Å². The van der Waals surface area contributed by atoms with E-state index >= 15 is 0 Å². The summed E-state index contributed by atoms with van der Waals surface area (Å²) in [5.74, 6) is 1.69. The lowest BCUT2D eigenvalue weighted by molar-refractivity contribution is 0.380. The maximum absolute atomic E-state index is 15.0. The van der Waals surface area contributed by atoms with Gasteiger partial charge in [0.05, 0.1) is 51.9 Å². The van der Waals surface area contributed by atoms with Crippen LogP contribution in [-0.2, 0) is 10.8 Å². The second-order valence-corrected chi connectivity index (χ2v) is 25.5. The number of para-hydroxylation sites is 2. The fourth-order valence-corrected chi connectivity index (χ4v) is 14.7. The summed E-state index contributed by atoms with van der Waals surface area (Å²) in [5.41, 5.74) is 18.9. The van der Waals surface area contributed by atoms with Gasteiger partial charge >= 0.3 is 7.69 Å². The smallest absolute Gasteiger partial charge is 0.535 e. The molecule has 0 amide bonds. The Morgan fingerprint density at radius 3 is 1.32 bits per heavy atom. The van der Waals surface area contributed by atoms with E-state index < -0.39 is 0 Å². The highest BCUT2D eigenvalue weighted by Gasteiger charge is 2.43. The summed E-state index contributed by atoms with van der Waals surface area (Å²) in [6.07, 6.45) is 0. The van der Waals surface area contributed by atoms with Crippen LogP contribution in [0.5, 0.6) is 17.2 Å². The van der Waals surface area contributed by atoms with Crippen molar-refractivity contribution in [1.29, 1.82) is 0 Å². The second-order valence-electron chi connectivity index (χ2n) is 24.6. The number of methoxy groups -OCH3 is 2. The SMILES string of the molecule is COc1c(-c2ccccc2F)ccc2c1oc1c(-c3ccccc3)nc(-n3c4c(c5ccccc53)C(C)(C)c3ccccc3-4)nc12.COc1c(O[B]O)ccc2c1oc1c(-c3ccccc3)nc(-n3c4c(c5ccccc53)C(C)(C)c3ccccc3-4)nc12.Fc1ccccc1Br. The van der Waals surface area contributed by atoms with Crippen molar-refractivity contribution in [1.82, 2.24) is 29.1 Å². The van der Waals surface area contributed by atoms with Gasteiger partial charge in [0.15, 0.2) is 28.1 Å². The van der Waals surface area contributed by atoms with E-state index in [4.69, 9.17) is 42.9 Å². The lowest BCUT2D eigenvalue weighted by atomic mass is 9.81. The average Bonchev–Trinajstić information content (AvgIpc) is 1.54. The number of benzene rings is 10. The predicted octanol–water partition coefficient (Wildman–Crippen LogP) is 19.9. The Labute approximate surface area is 559 Å². The van der Waals surface area contributed by atoms with Crippen LogP contribution in [0.4, 0.5) is 8.78 Å². The molecule has 2 aliphatic carbocycles. The Morgan fingerprint density at radius 2 is 0.854 bits per heavy atom. The molecule has 0 aliphatic heterocycles. The van der Waals surface area contributed by atoms with Gasteiger partial charge in [-0.2, -0.15) is 0 Å². The molecule has 1 N–H and O–H groups in total. The van der Waals surface area contributed by atoms with Crippen LogP contribution in [0.1, 0.15) is 49.9 Å². The van der Waals surface area contributed by atoms with E-state index in [1.54, 1.807) is 43.5 Å². The first-order valence-electron chi connectivity index (χ1n) is 31.3. The van der Waals surface area contributed by atoms with Crippen LogP contribution < -0.4 is 14.1 Å². The van der Waals surface area contributed by atoms with Crippen molar-refractivity contribution in [2.45, 2.75) is 38.5 Å². The van der Waals surface area contributed by atoms with Gasteiger partial charge in [0.25, 0.3) is 0 Å². The summed E-state index contributed by atoms with van der Waals surface area (Å²) >= 11 is 3.02. The molecule has 10 aromatic carbocycles. The zero-order valence-electron chi connectivity index (χ0n) is 52.8. The molecule has 16 heteroatoms. The van der Waals surface area contributed by atoms with Crippen LogP contribution in [0.25, 0.3) is 134 Å². The number of halogens is 3. The number of aromatic nitrogens is 6. The molecule has 6 heterocycles. The zero-order chi connectivity index (χ0) is 65.7. The Bertz CT molecular complexity index is 5770. The minimum absolute atomic E-state index is 0.195. The van der Waals surface area contributed by atoms with E-state index in [0.717, 1.165) is 44.3 Å². The molecule has 0 unspecified atom stereocenters. The first kappa shape index (κ1) is 59.8. The van der Waals surface area contributed by atoms with E-state index in [-0.39, 0.29) is 22.5 Å². The van der Waals surface area contributed by atoms with Crippen LogP contribution in [0.2, 0.25) is 0 Å². The summed E-state index contributed by atoms with van der Waals surface area (Å²) in [7, 11) is 3.74. The lowest BCUT2D eigenvalue weighted by Gasteiger charge is -2.21. The summed E-state index contributed by atoms with van der Waals surface area (Å²) in [5, 5.41) is 13.2. The summed E-state index contributed by atoms with van der Waals surface area (Å²) in [6, 6.07) is 74.7. The van der Waals surface area contributed by atoms with Gasteiger partial charge in [0.2, 0.25) is 17.6 Å².